The SMILES string of the molecule is C/C(=N\NC(=S)NC(C)C)c1ccc(-n2cncn2)cc1. The van der Waals surface area contributed by atoms with Crippen LogP contribution in [0, 0.1) is 0 Å². The molecule has 2 N–H and O–H groups in total. The number of hydrogen-bond acceptors (Lipinski definition) is 4. The summed E-state index contributed by atoms with van der Waals surface area (Å²) in [5.74, 6) is 0. The van der Waals surface area contributed by atoms with Gasteiger partial charge in [-0.15, -0.1) is 0 Å². The van der Waals surface area contributed by atoms with Gasteiger partial charge in [-0.1, -0.05) is 12.1 Å². The van der Waals surface area contributed by atoms with E-state index in [1.807, 2.05) is 45.0 Å². The molecule has 0 atom stereocenters. The maximum atomic E-state index is 5.13. The van der Waals surface area contributed by atoms with Crippen LogP contribution >= 0.6 is 12.2 Å². The van der Waals surface area contributed by atoms with Crippen LogP contribution in [0.3, 0.4) is 0 Å². The summed E-state index contributed by atoms with van der Waals surface area (Å²) in [5.41, 5.74) is 5.66. The summed E-state index contributed by atoms with van der Waals surface area (Å²) < 4.78 is 1.70. The van der Waals surface area contributed by atoms with E-state index in [-0.39, 0.29) is 6.04 Å². The number of nitrogens with zero attached hydrogens (tertiary/aromatic N) is 4. The van der Waals surface area contributed by atoms with Crippen LogP contribution < -0.4 is 10.7 Å². The Hall–Kier alpha value is -2.28. The fourth-order valence-corrected chi connectivity index (χ4v) is 1.97. The zero-order valence-electron chi connectivity index (χ0n) is 12.2. The highest BCUT2D eigenvalue weighted by Crippen LogP contribution is 2.08. The van der Waals surface area contributed by atoms with E-state index in [1.54, 1.807) is 11.0 Å². The van der Waals surface area contributed by atoms with Gasteiger partial charge in [0, 0.05) is 6.04 Å². The minimum absolute atomic E-state index is 0.280. The van der Waals surface area contributed by atoms with E-state index in [9.17, 15) is 0 Å². The van der Waals surface area contributed by atoms with Crippen LogP contribution in [-0.2, 0) is 0 Å². The van der Waals surface area contributed by atoms with Crippen molar-refractivity contribution in [2.24, 2.45) is 5.10 Å². The maximum absolute atomic E-state index is 5.13. The van der Waals surface area contributed by atoms with Crippen LogP contribution in [0.1, 0.15) is 26.3 Å². The molecule has 0 bridgehead atoms. The van der Waals surface area contributed by atoms with Gasteiger partial charge < -0.3 is 5.32 Å². The molecule has 7 heteroatoms. The number of aromatic nitrogens is 3. The van der Waals surface area contributed by atoms with Crippen molar-refractivity contribution in [1.29, 1.82) is 0 Å². The van der Waals surface area contributed by atoms with E-state index in [2.05, 4.69) is 25.9 Å². The van der Waals surface area contributed by atoms with Gasteiger partial charge in [-0.3, -0.25) is 5.43 Å². The number of hydrogen-bond donors (Lipinski definition) is 2. The summed E-state index contributed by atoms with van der Waals surface area (Å²) in [4.78, 5) is 3.93. The molecular formula is C14H18N6S. The van der Waals surface area contributed by atoms with Crippen molar-refractivity contribution in [2.45, 2.75) is 26.8 Å². The Morgan fingerprint density at radius 2 is 2.00 bits per heavy atom. The normalized spacial score (nSPS) is 11.5. The predicted octanol–water partition coefficient (Wildman–Crippen LogP) is 1.86. The van der Waals surface area contributed by atoms with Crippen LogP contribution in [0.15, 0.2) is 42.0 Å². The maximum Gasteiger partial charge on any atom is 0.187 e. The average molecular weight is 302 g/mol. The first-order chi connectivity index (χ1) is 10.1. The Morgan fingerprint density at radius 3 is 2.57 bits per heavy atom. The smallest absolute Gasteiger partial charge is 0.187 e. The molecule has 0 aliphatic rings. The van der Waals surface area contributed by atoms with E-state index >= 15 is 0 Å². The van der Waals surface area contributed by atoms with Crippen LogP contribution in [-0.4, -0.2) is 31.6 Å². The number of hydrazone groups is 1. The van der Waals surface area contributed by atoms with Crippen molar-refractivity contribution >= 4 is 23.0 Å². The first-order valence-electron chi connectivity index (χ1n) is 6.62. The summed E-state index contributed by atoms with van der Waals surface area (Å²) in [6.45, 7) is 5.97. The lowest BCUT2D eigenvalue weighted by molar-refractivity contribution is 0.719. The van der Waals surface area contributed by atoms with E-state index in [4.69, 9.17) is 12.2 Å². The zero-order chi connectivity index (χ0) is 15.2. The highest BCUT2D eigenvalue weighted by Gasteiger charge is 2.01. The highest BCUT2D eigenvalue weighted by molar-refractivity contribution is 7.80. The molecular weight excluding hydrogens is 284 g/mol. The molecule has 0 radical (unpaired) electrons. The molecule has 2 aromatic rings. The molecule has 1 heterocycles. The van der Waals surface area contributed by atoms with E-state index in [0.29, 0.717) is 5.11 Å². The van der Waals surface area contributed by atoms with Gasteiger partial charge in [0.2, 0.25) is 0 Å². The summed E-state index contributed by atoms with van der Waals surface area (Å²) in [5, 5.41) is 11.9. The molecule has 0 aliphatic carbocycles. The van der Waals surface area contributed by atoms with Gasteiger partial charge in [-0.2, -0.15) is 10.2 Å². The Morgan fingerprint density at radius 1 is 1.29 bits per heavy atom. The second kappa shape index (κ2) is 6.94. The van der Waals surface area contributed by atoms with Gasteiger partial charge in [0.05, 0.1) is 11.4 Å². The standard InChI is InChI=1S/C14H18N6S/c1-10(2)17-14(21)19-18-11(3)12-4-6-13(7-5-12)20-9-15-8-16-20/h4-10H,1-3H3,(H2,17,19,21)/b18-11+. The lowest BCUT2D eigenvalue weighted by Crippen LogP contribution is -2.37. The van der Waals surface area contributed by atoms with Gasteiger partial charge in [0.15, 0.2) is 5.11 Å². The van der Waals surface area contributed by atoms with Crippen molar-refractivity contribution in [2.75, 3.05) is 0 Å². The van der Waals surface area contributed by atoms with E-state index in [1.165, 1.54) is 6.33 Å². The van der Waals surface area contributed by atoms with E-state index in [0.717, 1.165) is 17.0 Å². The summed E-state index contributed by atoms with van der Waals surface area (Å²) >= 11 is 5.13. The largest absolute Gasteiger partial charge is 0.359 e. The quantitative estimate of drug-likeness (QED) is 0.513. The third-order valence-corrected chi connectivity index (χ3v) is 2.92. The molecule has 0 unspecified atom stereocenters. The Bertz CT molecular complexity index is 615. The molecule has 0 amide bonds. The van der Waals surface area contributed by atoms with Gasteiger partial charge in [0.1, 0.15) is 12.7 Å². The molecule has 110 valence electrons. The molecule has 0 spiro atoms. The van der Waals surface area contributed by atoms with Crippen LogP contribution in [0.4, 0.5) is 0 Å². The van der Waals surface area contributed by atoms with Crippen molar-refractivity contribution < 1.29 is 0 Å². The lowest BCUT2D eigenvalue weighted by Gasteiger charge is -2.10. The van der Waals surface area contributed by atoms with Gasteiger partial charge in [-0.05, 0) is 50.7 Å². The van der Waals surface area contributed by atoms with Crippen molar-refractivity contribution in [1.82, 2.24) is 25.5 Å². The summed E-state index contributed by atoms with van der Waals surface area (Å²) in [6.07, 6.45) is 3.17. The van der Waals surface area contributed by atoms with Crippen molar-refractivity contribution in [3.63, 3.8) is 0 Å². The molecule has 1 aromatic heterocycles. The molecule has 0 fully saturated rings. The number of benzene rings is 1. The number of nitrogens with one attached hydrogen (secondary N) is 2. The summed E-state index contributed by atoms with van der Waals surface area (Å²) in [7, 11) is 0. The second-order valence-electron chi connectivity index (χ2n) is 4.82. The minimum atomic E-state index is 0.280. The fourth-order valence-electron chi connectivity index (χ4n) is 1.69. The Balaban J connectivity index is 2.02. The fraction of sp³-hybridized carbons (Fsp3) is 0.286. The molecule has 0 saturated heterocycles. The molecule has 1 aromatic carbocycles. The minimum Gasteiger partial charge on any atom is -0.359 e. The Kier molecular flexibility index (Phi) is 4.99. The van der Waals surface area contributed by atoms with Crippen LogP contribution in [0.25, 0.3) is 5.69 Å². The molecule has 6 nitrogen and oxygen atoms in total. The number of thiocarbonyl (C=S) groups is 1. The summed E-state index contributed by atoms with van der Waals surface area (Å²) in [6, 6.07) is 8.18. The van der Waals surface area contributed by atoms with Crippen molar-refractivity contribution in [3.8, 4) is 5.69 Å². The molecule has 2 rings (SSSR count). The molecule has 0 saturated carbocycles. The van der Waals surface area contributed by atoms with E-state index < -0.39 is 0 Å². The number of rotatable bonds is 4. The highest BCUT2D eigenvalue weighted by atomic mass is 32.1. The van der Waals surface area contributed by atoms with Crippen molar-refractivity contribution in [3.05, 3.63) is 42.5 Å². The first-order valence-corrected chi connectivity index (χ1v) is 7.03. The topological polar surface area (TPSA) is 67.1 Å². The monoisotopic (exact) mass is 302 g/mol. The zero-order valence-corrected chi connectivity index (χ0v) is 13.1. The second-order valence-corrected chi connectivity index (χ2v) is 5.23. The predicted molar refractivity (Wildman–Crippen MR) is 87.6 cm³/mol. The van der Waals surface area contributed by atoms with Gasteiger partial charge >= 0.3 is 0 Å². The van der Waals surface area contributed by atoms with Gasteiger partial charge in [0.25, 0.3) is 0 Å². The van der Waals surface area contributed by atoms with Gasteiger partial charge in [-0.25, -0.2) is 9.67 Å². The third kappa shape index (κ3) is 4.35. The van der Waals surface area contributed by atoms with Crippen LogP contribution in [0.5, 0.6) is 0 Å². The Labute approximate surface area is 129 Å². The molecule has 0 aliphatic heterocycles. The average Bonchev–Trinajstić information content (AvgIpc) is 2.98. The van der Waals surface area contributed by atoms with Crippen LogP contribution in [0.2, 0.25) is 0 Å². The third-order valence-electron chi connectivity index (χ3n) is 2.71. The lowest BCUT2D eigenvalue weighted by atomic mass is 10.1. The first kappa shape index (κ1) is 15.1. The molecule has 21 heavy (non-hydrogen) atoms.